The Labute approximate surface area is 90.2 Å². The molecule has 0 saturated carbocycles. The quantitative estimate of drug-likeness (QED) is 0.463. The molecule has 1 unspecified atom stereocenters. The maximum atomic E-state index is 4.96. The molecule has 0 heterocycles. The molecule has 1 nitrogen and oxygen atoms in total. The molecule has 0 rings (SSSR count). The van der Waals surface area contributed by atoms with Gasteiger partial charge in [0.1, 0.15) is 0 Å². The second-order valence-corrected chi connectivity index (χ2v) is 4.24. The summed E-state index contributed by atoms with van der Waals surface area (Å²) < 4.78 is 4.96. The van der Waals surface area contributed by atoms with Crippen LogP contribution in [0.4, 0.5) is 0 Å². The maximum absolute atomic E-state index is 4.96. The van der Waals surface area contributed by atoms with Gasteiger partial charge in [-0.25, -0.2) is 0 Å². The minimum atomic E-state index is 0.343. The average molecular weight is 199 g/mol. The smallest absolute Gasteiger partial charge is 0.0704 e. The van der Waals surface area contributed by atoms with Gasteiger partial charge in [-0.2, -0.15) is 0 Å². The van der Waals surface area contributed by atoms with Crippen LogP contribution in [0.3, 0.4) is 0 Å². The third-order valence-corrected chi connectivity index (χ3v) is 2.75. The summed E-state index contributed by atoms with van der Waals surface area (Å²) in [6.07, 6.45) is 12.6. The lowest BCUT2D eigenvalue weighted by Crippen LogP contribution is -2.02. The molecular formula is C13H27O. The summed E-state index contributed by atoms with van der Waals surface area (Å²) in [6, 6.07) is 0. The second kappa shape index (κ2) is 11.0. The highest BCUT2D eigenvalue weighted by molar-refractivity contribution is 4.52. The number of hydrogen-bond donors (Lipinski definition) is 0. The first-order valence-electron chi connectivity index (χ1n) is 6.22. The maximum Gasteiger partial charge on any atom is 0.0704 e. The van der Waals surface area contributed by atoms with Gasteiger partial charge in [-0.1, -0.05) is 58.3 Å². The molecule has 0 saturated heterocycles. The fraction of sp³-hybridized carbons (Fsp3) is 0.923. The highest BCUT2D eigenvalue weighted by Crippen LogP contribution is 2.11. The zero-order chi connectivity index (χ0) is 10.6. The van der Waals surface area contributed by atoms with E-state index in [9.17, 15) is 0 Å². The van der Waals surface area contributed by atoms with Gasteiger partial charge in [0.2, 0.25) is 0 Å². The molecule has 0 amide bonds. The molecule has 0 bridgehead atoms. The zero-order valence-corrected chi connectivity index (χ0v) is 10.1. The zero-order valence-electron chi connectivity index (χ0n) is 10.1. The van der Waals surface area contributed by atoms with E-state index < -0.39 is 0 Å². The molecule has 0 spiro atoms. The van der Waals surface area contributed by atoms with E-state index in [0.717, 1.165) is 0 Å². The van der Waals surface area contributed by atoms with Gasteiger partial charge in [0.25, 0.3) is 0 Å². The van der Waals surface area contributed by atoms with Crippen molar-refractivity contribution in [2.45, 2.75) is 77.7 Å². The first kappa shape index (κ1) is 14.0. The third kappa shape index (κ3) is 10.0. The lowest BCUT2D eigenvalue weighted by Gasteiger charge is -2.07. The highest BCUT2D eigenvalue weighted by atomic mass is 16.5. The highest BCUT2D eigenvalue weighted by Gasteiger charge is 1.98. The molecule has 1 radical (unpaired) electrons. The SMILES string of the molecule is [CH2]OC(C)CCCCCCCCCC. The molecule has 14 heavy (non-hydrogen) atoms. The summed E-state index contributed by atoms with van der Waals surface area (Å²) in [5, 5.41) is 0. The molecule has 85 valence electrons. The standard InChI is InChI=1S/C13H27O/c1-4-5-6-7-8-9-10-11-12-13(2)14-3/h13H,3-12H2,1-2H3. The molecule has 0 aliphatic rings. The van der Waals surface area contributed by atoms with Crippen molar-refractivity contribution in [1.29, 1.82) is 0 Å². The van der Waals surface area contributed by atoms with Crippen molar-refractivity contribution in [1.82, 2.24) is 0 Å². The van der Waals surface area contributed by atoms with Crippen molar-refractivity contribution in [2.75, 3.05) is 0 Å². The Hall–Kier alpha value is -0.0400. The van der Waals surface area contributed by atoms with Crippen LogP contribution in [0.1, 0.15) is 71.6 Å². The van der Waals surface area contributed by atoms with E-state index >= 15 is 0 Å². The molecule has 0 aromatic carbocycles. The summed E-state index contributed by atoms with van der Waals surface area (Å²) >= 11 is 0. The van der Waals surface area contributed by atoms with Crippen molar-refractivity contribution in [3.05, 3.63) is 7.11 Å². The Morgan fingerprint density at radius 1 is 0.929 bits per heavy atom. The average Bonchev–Trinajstić information content (AvgIpc) is 2.21. The van der Waals surface area contributed by atoms with Crippen LogP contribution >= 0.6 is 0 Å². The van der Waals surface area contributed by atoms with Gasteiger partial charge in [-0.3, -0.25) is 0 Å². The van der Waals surface area contributed by atoms with Crippen LogP contribution in [0.15, 0.2) is 0 Å². The van der Waals surface area contributed by atoms with Crippen LogP contribution < -0.4 is 0 Å². The fourth-order valence-corrected chi connectivity index (χ4v) is 1.65. The fourth-order valence-electron chi connectivity index (χ4n) is 1.65. The van der Waals surface area contributed by atoms with E-state index in [1.165, 1.54) is 57.8 Å². The van der Waals surface area contributed by atoms with Gasteiger partial charge in [0, 0.05) is 0 Å². The summed E-state index contributed by atoms with van der Waals surface area (Å²) in [7, 11) is 3.43. The van der Waals surface area contributed by atoms with Crippen LogP contribution in [0, 0.1) is 7.11 Å². The predicted molar refractivity (Wildman–Crippen MR) is 63.1 cm³/mol. The molecule has 0 N–H and O–H groups in total. The topological polar surface area (TPSA) is 9.23 Å². The van der Waals surface area contributed by atoms with Gasteiger partial charge in [0.15, 0.2) is 0 Å². The monoisotopic (exact) mass is 199 g/mol. The van der Waals surface area contributed by atoms with Crippen molar-refractivity contribution in [2.24, 2.45) is 0 Å². The molecule has 1 atom stereocenters. The van der Waals surface area contributed by atoms with Gasteiger partial charge >= 0.3 is 0 Å². The Balaban J connectivity index is 2.92. The molecule has 0 fully saturated rings. The van der Waals surface area contributed by atoms with Crippen molar-refractivity contribution in [3.8, 4) is 0 Å². The van der Waals surface area contributed by atoms with E-state index in [4.69, 9.17) is 4.74 Å². The second-order valence-electron chi connectivity index (χ2n) is 4.24. The van der Waals surface area contributed by atoms with Crippen molar-refractivity contribution < 1.29 is 4.74 Å². The van der Waals surface area contributed by atoms with Crippen LogP contribution in [-0.4, -0.2) is 6.10 Å². The lowest BCUT2D eigenvalue weighted by atomic mass is 10.1. The Morgan fingerprint density at radius 2 is 1.43 bits per heavy atom. The van der Waals surface area contributed by atoms with Crippen molar-refractivity contribution in [3.63, 3.8) is 0 Å². The normalized spacial score (nSPS) is 13.1. The number of ether oxygens (including phenoxy) is 1. The van der Waals surface area contributed by atoms with Crippen LogP contribution in [-0.2, 0) is 4.74 Å². The molecule has 0 aliphatic heterocycles. The molecule has 1 heteroatoms. The van der Waals surface area contributed by atoms with E-state index in [1.54, 1.807) is 0 Å². The first-order chi connectivity index (χ1) is 6.81. The van der Waals surface area contributed by atoms with Gasteiger partial charge in [0.05, 0.1) is 13.2 Å². The van der Waals surface area contributed by atoms with Crippen molar-refractivity contribution >= 4 is 0 Å². The summed E-state index contributed by atoms with van der Waals surface area (Å²) in [5.74, 6) is 0. The molecule has 0 aliphatic carbocycles. The Kier molecular flexibility index (Phi) is 11.0. The predicted octanol–water partition coefficient (Wildman–Crippen LogP) is 4.71. The van der Waals surface area contributed by atoms with E-state index in [2.05, 4.69) is 21.0 Å². The summed E-state index contributed by atoms with van der Waals surface area (Å²) in [5.41, 5.74) is 0. The molecule has 0 aromatic heterocycles. The van der Waals surface area contributed by atoms with Crippen LogP contribution in [0.2, 0.25) is 0 Å². The summed E-state index contributed by atoms with van der Waals surface area (Å²) in [6.45, 7) is 4.36. The Morgan fingerprint density at radius 3 is 1.93 bits per heavy atom. The van der Waals surface area contributed by atoms with E-state index in [-0.39, 0.29) is 0 Å². The number of unbranched alkanes of at least 4 members (excludes halogenated alkanes) is 7. The first-order valence-corrected chi connectivity index (χ1v) is 6.22. The van der Waals surface area contributed by atoms with E-state index in [1.807, 2.05) is 0 Å². The number of rotatable bonds is 10. The molecule has 0 aromatic rings. The third-order valence-electron chi connectivity index (χ3n) is 2.75. The number of hydrogen-bond acceptors (Lipinski definition) is 1. The van der Waals surface area contributed by atoms with Crippen LogP contribution in [0.5, 0.6) is 0 Å². The Bertz CT molecular complexity index is 101. The van der Waals surface area contributed by atoms with Gasteiger partial charge < -0.3 is 4.74 Å². The molecular weight excluding hydrogens is 172 g/mol. The minimum Gasteiger partial charge on any atom is -0.376 e. The minimum absolute atomic E-state index is 0.343. The van der Waals surface area contributed by atoms with Gasteiger partial charge in [-0.15, -0.1) is 0 Å². The van der Waals surface area contributed by atoms with Gasteiger partial charge in [-0.05, 0) is 13.3 Å². The van der Waals surface area contributed by atoms with E-state index in [0.29, 0.717) is 6.10 Å². The summed E-state index contributed by atoms with van der Waals surface area (Å²) in [4.78, 5) is 0. The largest absolute Gasteiger partial charge is 0.376 e. The lowest BCUT2D eigenvalue weighted by molar-refractivity contribution is 0.143. The van der Waals surface area contributed by atoms with Crippen LogP contribution in [0.25, 0.3) is 0 Å².